The minimum atomic E-state index is -2.44. The maximum absolute atomic E-state index is 9.41. The molecule has 0 amide bonds. The van der Waals surface area contributed by atoms with Gasteiger partial charge in [-0.2, -0.15) is 0 Å². The quantitative estimate of drug-likeness (QED) is 0.825. The largest absolute Gasteiger partial charge is 0.407 e. The average Bonchev–Trinajstić information content (AvgIpc) is 2.56. The molecule has 0 aromatic heterocycles. The van der Waals surface area contributed by atoms with Crippen molar-refractivity contribution in [1.82, 2.24) is 0 Å². The molecule has 2 nitrogen and oxygen atoms in total. The standard InChI is InChI=1S/C20H28O2Si/c1-17(15-21)16-22-23(20(2,3)4,18-11-7-5-8-12-18)19-13-9-6-10-14-19/h5-14,17,21H,15-16H2,1-4H3/t17-/m1/s1. The van der Waals surface area contributed by atoms with Gasteiger partial charge in [-0.1, -0.05) is 88.4 Å². The molecule has 2 rings (SSSR count). The van der Waals surface area contributed by atoms with Gasteiger partial charge in [-0.3, -0.25) is 0 Å². The molecule has 1 N–H and O–H groups in total. The topological polar surface area (TPSA) is 29.5 Å². The first-order chi connectivity index (χ1) is 10.9. The smallest absolute Gasteiger partial charge is 0.261 e. The normalized spacial score (nSPS) is 13.8. The highest BCUT2D eigenvalue weighted by atomic mass is 28.4. The molecule has 124 valence electrons. The summed E-state index contributed by atoms with van der Waals surface area (Å²) in [5.74, 6) is 0.136. The highest BCUT2D eigenvalue weighted by Crippen LogP contribution is 2.36. The molecule has 0 aliphatic rings. The summed E-state index contributed by atoms with van der Waals surface area (Å²) in [5.41, 5.74) is 0. The van der Waals surface area contributed by atoms with Gasteiger partial charge in [-0.15, -0.1) is 0 Å². The van der Waals surface area contributed by atoms with Crippen LogP contribution in [0.2, 0.25) is 5.04 Å². The fourth-order valence-electron chi connectivity index (χ4n) is 3.08. The van der Waals surface area contributed by atoms with Gasteiger partial charge >= 0.3 is 0 Å². The molecular weight excluding hydrogens is 300 g/mol. The summed E-state index contributed by atoms with van der Waals surface area (Å²) < 4.78 is 6.70. The summed E-state index contributed by atoms with van der Waals surface area (Å²) in [7, 11) is -2.44. The zero-order chi connectivity index (χ0) is 16.9. The van der Waals surface area contributed by atoms with E-state index in [9.17, 15) is 5.11 Å². The van der Waals surface area contributed by atoms with E-state index in [1.54, 1.807) is 0 Å². The molecular formula is C20H28O2Si. The lowest BCUT2D eigenvalue weighted by molar-refractivity contribution is 0.168. The van der Waals surface area contributed by atoms with Crippen molar-refractivity contribution in [3.05, 3.63) is 60.7 Å². The van der Waals surface area contributed by atoms with Crippen LogP contribution in [0.4, 0.5) is 0 Å². The first-order valence-electron chi connectivity index (χ1n) is 8.27. The van der Waals surface area contributed by atoms with Gasteiger partial charge in [0.1, 0.15) is 0 Å². The highest BCUT2D eigenvalue weighted by Gasteiger charge is 2.50. The second-order valence-electron chi connectivity index (χ2n) is 7.26. The number of hydrogen-bond donors (Lipinski definition) is 1. The third-order valence-corrected chi connectivity index (χ3v) is 9.32. The van der Waals surface area contributed by atoms with E-state index >= 15 is 0 Å². The molecule has 0 saturated heterocycles. The van der Waals surface area contributed by atoms with Gasteiger partial charge in [0.2, 0.25) is 0 Å². The van der Waals surface area contributed by atoms with E-state index in [1.165, 1.54) is 10.4 Å². The molecule has 0 radical (unpaired) electrons. The Morgan fingerprint density at radius 3 is 1.70 bits per heavy atom. The summed E-state index contributed by atoms with van der Waals surface area (Å²) in [5, 5.41) is 12.0. The van der Waals surface area contributed by atoms with Crippen LogP contribution in [-0.4, -0.2) is 26.6 Å². The molecule has 0 bridgehead atoms. The van der Waals surface area contributed by atoms with Crippen LogP contribution in [0.5, 0.6) is 0 Å². The Labute approximate surface area is 141 Å². The van der Waals surface area contributed by atoms with Gasteiger partial charge in [0, 0.05) is 19.1 Å². The van der Waals surface area contributed by atoms with Crippen LogP contribution in [0.15, 0.2) is 60.7 Å². The predicted octanol–water partition coefficient (Wildman–Crippen LogP) is 3.19. The lowest BCUT2D eigenvalue weighted by atomic mass is 10.2. The Bertz CT molecular complexity index is 551. The van der Waals surface area contributed by atoms with E-state index in [0.29, 0.717) is 6.61 Å². The van der Waals surface area contributed by atoms with Gasteiger partial charge in [0.15, 0.2) is 0 Å². The first-order valence-corrected chi connectivity index (χ1v) is 10.2. The van der Waals surface area contributed by atoms with Crippen molar-refractivity contribution in [3.8, 4) is 0 Å². The second-order valence-corrected chi connectivity index (χ2v) is 11.6. The third-order valence-electron chi connectivity index (χ3n) is 4.31. The number of rotatable bonds is 6. The third kappa shape index (κ3) is 3.74. The molecule has 0 unspecified atom stereocenters. The van der Waals surface area contributed by atoms with Gasteiger partial charge in [-0.05, 0) is 15.4 Å². The van der Waals surface area contributed by atoms with E-state index in [1.807, 2.05) is 19.1 Å². The molecule has 0 spiro atoms. The molecule has 0 saturated carbocycles. The molecule has 2 aromatic rings. The maximum atomic E-state index is 9.41. The van der Waals surface area contributed by atoms with Crippen LogP contribution < -0.4 is 10.4 Å². The van der Waals surface area contributed by atoms with E-state index in [-0.39, 0.29) is 17.6 Å². The Morgan fingerprint density at radius 1 is 0.913 bits per heavy atom. The van der Waals surface area contributed by atoms with Crippen LogP contribution >= 0.6 is 0 Å². The number of aliphatic hydroxyl groups excluding tert-OH is 1. The molecule has 0 fully saturated rings. The van der Waals surface area contributed by atoms with Crippen LogP contribution in [-0.2, 0) is 4.43 Å². The van der Waals surface area contributed by atoms with Crippen molar-refractivity contribution in [2.45, 2.75) is 32.7 Å². The van der Waals surface area contributed by atoms with Crippen molar-refractivity contribution < 1.29 is 9.53 Å². The summed E-state index contributed by atoms with van der Waals surface area (Å²) in [4.78, 5) is 0. The van der Waals surface area contributed by atoms with Gasteiger partial charge < -0.3 is 9.53 Å². The molecule has 0 heterocycles. The zero-order valence-electron chi connectivity index (χ0n) is 14.6. The van der Waals surface area contributed by atoms with E-state index in [4.69, 9.17) is 4.43 Å². The molecule has 23 heavy (non-hydrogen) atoms. The Kier molecular flexibility index (Phi) is 5.79. The van der Waals surface area contributed by atoms with Crippen LogP contribution in [0.1, 0.15) is 27.7 Å². The Balaban J connectivity index is 2.60. The monoisotopic (exact) mass is 328 g/mol. The lowest BCUT2D eigenvalue weighted by Crippen LogP contribution is -2.66. The minimum Gasteiger partial charge on any atom is -0.407 e. The first kappa shape index (κ1) is 17.9. The predicted molar refractivity (Wildman–Crippen MR) is 99.8 cm³/mol. The van der Waals surface area contributed by atoms with Crippen LogP contribution in [0, 0.1) is 5.92 Å². The molecule has 0 aliphatic carbocycles. The van der Waals surface area contributed by atoms with Crippen LogP contribution in [0.25, 0.3) is 0 Å². The minimum absolute atomic E-state index is 0.00905. The summed E-state index contributed by atoms with van der Waals surface area (Å²) in [6, 6.07) is 21.2. The Morgan fingerprint density at radius 2 is 1.35 bits per heavy atom. The van der Waals surface area contributed by atoms with Crippen molar-refractivity contribution in [3.63, 3.8) is 0 Å². The van der Waals surface area contributed by atoms with Crippen molar-refractivity contribution in [2.75, 3.05) is 13.2 Å². The number of hydrogen-bond acceptors (Lipinski definition) is 2. The van der Waals surface area contributed by atoms with Gasteiger partial charge in [0.25, 0.3) is 8.32 Å². The van der Waals surface area contributed by atoms with E-state index in [2.05, 4.69) is 69.3 Å². The molecule has 3 heteroatoms. The van der Waals surface area contributed by atoms with E-state index < -0.39 is 8.32 Å². The van der Waals surface area contributed by atoms with E-state index in [0.717, 1.165) is 0 Å². The van der Waals surface area contributed by atoms with Crippen molar-refractivity contribution in [1.29, 1.82) is 0 Å². The fourth-order valence-corrected chi connectivity index (χ4v) is 7.77. The summed E-state index contributed by atoms with van der Waals surface area (Å²) in [6.45, 7) is 9.55. The number of benzene rings is 2. The van der Waals surface area contributed by atoms with Crippen LogP contribution in [0.3, 0.4) is 0 Å². The zero-order valence-corrected chi connectivity index (χ0v) is 15.6. The molecule has 0 aliphatic heterocycles. The maximum Gasteiger partial charge on any atom is 0.261 e. The molecule has 2 aromatic carbocycles. The molecule has 1 atom stereocenters. The fraction of sp³-hybridized carbons (Fsp3) is 0.400. The average molecular weight is 329 g/mol. The van der Waals surface area contributed by atoms with Gasteiger partial charge in [0.05, 0.1) is 0 Å². The summed E-state index contributed by atoms with van der Waals surface area (Å²) >= 11 is 0. The van der Waals surface area contributed by atoms with Crippen molar-refractivity contribution in [2.24, 2.45) is 5.92 Å². The van der Waals surface area contributed by atoms with Crippen molar-refractivity contribution >= 4 is 18.7 Å². The van der Waals surface area contributed by atoms with Gasteiger partial charge in [-0.25, -0.2) is 0 Å². The lowest BCUT2D eigenvalue weighted by Gasteiger charge is -2.43. The highest BCUT2D eigenvalue weighted by molar-refractivity contribution is 6.99. The second kappa shape index (κ2) is 7.43. The number of aliphatic hydroxyl groups is 1. The SMILES string of the molecule is C[C@H](CO)CO[Si](c1ccccc1)(c1ccccc1)C(C)(C)C. The summed E-state index contributed by atoms with van der Waals surface area (Å²) in [6.07, 6.45) is 0. The Hall–Kier alpha value is -1.42.